The number of hydrogen-bond acceptors (Lipinski definition) is 3. The third-order valence-electron chi connectivity index (χ3n) is 4.56. The van der Waals surface area contributed by atoms with Crippen LogP contribution in [0.1, 0.15) is 37.7 Å². The van der Waals surface area contributed by atoms with Gasteiger partial charge >= 0.3 is 0 Å². The molecular weight excluding hydrogens is 222 g/mol. The molecule has 0 radical (unpaired) electrons. The minimum absolute atomic E-state index is 0.776. The van der Waals surface area contributed by atoms with Gasteiger partial charge in [0.05, 0.1) is 11.9 Å². The summed E-state index contributed by atoms with van der Waals surface area (Å²) >= 11 is 0. The van der Waals surface area contributed by atoms with Crippen LogP contribution in [0.25, 0.3) is 0 Å². The third-order valence-corrected chi connectivity index (χ3v) is 4.56. The highest BCUT2D eigenvalue weighted by Gasteiger charge is 2.35. The Balaban J connectivity index is 1.88. The van der Waals surface area contributed by atoms with Gasteiger partial charge in [-0.25, -0.2) is 0 Å². The molecule has 1 aliphatic heterocycles. The minimum Gasteiger partial charge on any atom is -0.367 e. The van der Waals surface area contributed by atoms with Crippen LogP contribution in [0.15, 0.2) is 18.5 Å². The average molecular weight is 245 g/mol. The zero-order chi connectivity index (χ0) is 12.4. The first-order valence-electron chi connectivity index (χ1n) is 7.24. The number of anilines is 1. The lowest BCUT2D eigenvalue weighted by Gasteiger charge is -2.40. The summed E-state index contributed by atoms with van der Waals surface area (Å²) in [4.78, 5) is 6.99. The van der Waals surface area contributed by atoms with Crippen LogP contribution in [0, 0.1) is 5.92 Å². The first kappa shape index (κ1) is 12.0. The van der Waals surface area contributed by atoms with E-state index in [0.717, 1.165) is 18.5 Å². The topological polar surface area (TPSA) is 28.2 Å². The van der Waals surface area contributed by atoms with Crippen molar-refractivity contribution in [1.82, 2.24) is 10.3 Å². The normalized spacial score (nSPS) is 27.3. The second-order valence-electron chi connectivity index (χ2n) is 5.63. The zero-order valence-corrected chi connectivity index (χ0v) is 11.2. The van der Waals surface area contributed by atoms with Crippen molar-refractivity contribution >= 4 is 5.69 Å². The fraction of sp³-hybridized carbons (Fsp3) is 0.667. The smallest absolute Gasteiger partial charge is 0.0600 e. The fourth-order valence-corrected chi connectivity index (χ4v) is 3.77. The minimum atomic E-state index is 0.776. The number of rotatable bonds is 3. The van der Waals surface area contributed by atoms with E-state index in [9.17, 15) is 0 Å². The molecule has 0 amide bonds. The molecule has 2 fully saturated rings. The van der Waals surface area contributed by atoms with Crippen LogP contribution < -0.4 is 10.2 Å². The molecule has 3 nitrogen and oxygen atoms in total. The van der Waals surface area contributed by atoms with Crippen LogP contribution >= 0.6 is 0 Å². The van der Waals surface area contributed by atoms with Crippen molar-refractivity contribution in [2.75, 3.05) is 18.5 Å². The maximum Gasteiger partial charge on any atom is 0.0600 e. The van der Waals surface area contributed by atoms with Crippen molar-refractivity contribution in [3.8, 4) is 0 Å². The standard InChI is InChI=1S/C15H23N3/c1-16-10-13-7-8-17-11-15(13)18-9-3-5-12-4-2-6-14(12)18/h7-8,11-12,14,16H,2-6,9-10H2,1H3. The van der Waals surface area contributed by atoms with Crippen LogP contribution in [0.4, 0.5) is 5.69 Å². The van der Waals surface area contributed by atoms with Crippen molar-refractivity contribution < 1.29 is 0 Å². The lowest BCUT2D eigenvalue weighted by molar-refractivity contribution is 0.361. The van der Waals surface area contributed by atoms with Gasteiger partial charge in [-0.15, -0.1) is 0 Å². The van der Waals surface area contributed by atoms with Gasteiger partial charge in [-0.3, -0.25) is 4.98 Å². The summed E-state index contributed by atoms with van der Waals surface area (Å²) in [6.45, 7) is 2.15. The largest absolute Gasteiger partial charge is 0.367 e. The molecule has 0 bridgehead atoms. The summed E-state index contributed by atoms with van der Waals surface area (Å²) in [5, 5.41) is 3.27. The molecule has 0 aromatic carbocycles. The van der Waals surface area contributed by atoms with E-state index in [1.807, 2.05) is 13.2 Å². The van der Waals surface area contributed by atoms with Gasteiger partial charge in [0.15, 0.2) is 0 Å². The summed E-state index contributed by atoms with van der Waals surface area (Å²) in [6.07, 6.45) is 11.0. The van der Waals surface area contributed by atoms with Gasteiger partial charge < -0.3 is 10.2 Å². The second kappa shape index (κ2) is 5.27. The van der Waals surface area contributed by atoms with Gasteiger partial charge in [-0.05, 0) is 50.3 Å². The molecule has 2 unspecified atom stereocenters. The van der Waals surface area contributed by atoms with Gasteiger partial charge in [-0.1, -0.05) is 6.42 Å². The first-order valence-corrected chi connectivity index (χ1v) is 7.24. The summed E-state index contributed by atoms with van der Waals surface area (Å²) in [5.41, 5.74) is 2.75. The van der Waals surface area contributed by atoms with E-state index >= 15 is 0 Å². The van der Waals surface area contributed by atoms with Crippen LogP contribution in [0.5, 0.6) is 0 Å². The average Bonchev–Trinajstić information content (AvgIpc) is 2.88. The van der Waals surface area contributed by atoms with E-state index in [-0.39, 0.29) is 0 Å². The van der Waals surface area contributed by atoms with Crippen molar-refractivity contribution in [2.24, 2.45) is 5.92 Å². The molecule has 1 aromatic heterocycles. The third kappa shape index (κ3) is 2.12. The highest BCUT2D eigenvalue weighted by Crippen LogP contribution is 2.39. The Labute approximate surface area is 110 Å². The summed E-state index contributed by atoms with van der Waals surface area (Å²) in [5.74, 6) is 0.932. The van der Waals surface area contributed by atoms with E-state index in [1.165, 1.54) is 49.9 Å². The van der Waals surface area contributed by atoms with Crippen LogP contribution in [-0.2, 0) is 6.54 Å². The van der Waals surface area contributed by atoms with Gasteiger partial charge in [0, 0.05) is 25.3 Å². The lowest BCUT2D eigenvalue weighted by atomic mass is 9.91. The number of nitrogens with one attached hydrogen (secondary N) is 1. The molecule has 3 heteroatoms. The molecule has 98 valence electrons. The monoisotopic (exact) mass is 245 g/mol. The van der Waals surface area contributed by atoms with Gasteiger partial charge in [0.25, 0.3) is 0 Å². The predicted octanol–water partition coefficient (Wildman–Crippen LogP) is 2.57. The Morgan fingerprint density at radius 1 is 1.33 bits per heavy atom. The summed E-state index contributed by atoms with van der Waals surface area (Å²) < 4.78 is 0. The Kier molecular flexibility index (Phi) is 3.50. The molecule has 1 aliphatic carbocycles. The lowest BCUT2D eigenvalue weighted by Crippen LogP contribution is -2.43. The molecule has 1 saturated heterocycles. The number of piperidine rings is 1. The van der Waals surface area contributed by atoms with E-state index in [1.54, 1.807) is 0 Å². The molecule has 1 N–H and O–H groups in total. The predicted molar refractivity (Wildman–Crippen MR) is 74.7 cm³/mol. The Bertz CT molecular complexity index is 404. The maximum absolute atomic E-state index is 4.35. The number of hydrogen-bond donors (Lipinski definition) is 1. The molecular formula is C15H23N3. The van der Waals surface area contributed by atoms with Crippen molar-refractivity contribution in [1.29, 1.82) is 0 Å². The fourth-order valence-electron chi connectivity index (χ4n) is 3.77. The van der Waals surface area contributed by atoms with Crippen molar-refractivity contribution in [3.63, 3.8) is 0 Å². The van der Waals surface area contributed by atoms with E-state index < -0.39 is 0 Å². The number of nitrogens with zero attached hydrogens (tertiary/aromatic N) is 2. The molecule has 0 spiro atoms. The first-order chi connectivity index (χ1) is 8.90. The molecule has 2 atom stereocenters. The van der Waals surface area contributed by atoms with E-state index in [2.05, 4.69) is 27.5 Å². The number of pyridine rings is 1. The van der Waals surface area contributed by atoms with E-state index in [0.29, 0.717) is 0 Å². The Morgan fingerprint density at radius 2 is 2.22 bits per heavy atom. The maximum atomic E-state index is 4.35. The Morgan fingerprint density at radius 3 is 3.11 bits per heavy atom. The molecule has 1 aromatic rings. The van der Waals surface area contributed by atoms with Gasteiger partial charge in [0.1, 0.15) is 0 Å². The Hall–Kier alpha value is -1.09. The molecule has 18 heavy (non-hydrogen) atoms. The van der Waals surface area contributed by atoms with Gasteiger partial charge in [0.2, 0.25) is 0 Å². The van der Waals surface area contributed by atoms with Crippen LogP contribution in [-0.4, -0.2) is 24.6 Å². The zero-order valence-electron chi connectivity index (χ0n) is 11.2. The van der Waals surface area contributed by atoms with Gasteiger partial charge in [-0.2, -0.15) is 0 Å². The van der Waals surface area contributed by atoms with E-state index in [4.69, 9.17) is 0 Å². The van der Waals surface area contributed by atoms with Crippen molar-refractivity contribution in [2.45, 2.75) is 44.7 Å². The summed E-state index contributed by atoms with van der Waals surface area (Å²) in [6, 6.07) is 2.93. The second-order valence-corrected chi connectivity index (χ2v) is 5.63. The molecule has 3 rings (SSSR count). The highest BCUT2D eigenvalue weighted by molar-refractivity contribution is 5.53. The van der Waals surface area contributed by atoms with Crippen LogP contribution in [0.2, 0.25) is 0 Å². The van der Waals surface area contributed by atoms with Crippen LogP contribution in [0.3, 0.4) is 0 Å². The SMILES string of the molecule is CNCc1ccncc1N1CCCC2CCCC21. The molecule has 2 aliphatic rings. The number of aromatic nitrogens is 1. The van der Waals surface area contributed by atoms with Crippen molar-refractivity contribution in [3.05, 3.63) is 24.0 Å². The number of fused-ring (bicyclic) bond motifs is 1. The quantitative estimate of drug-likeness (QED) is 0.887. The molecule has 1 saturated carbocycles. The molecule has 2 heterocycles. The summed E-state index contributed by atoms with van der Waals surface area (Å²) in [7, 11) is 2.01. The highest BCUT2D eigenvalue weighted by atomic mass is 15.2.